The summed E-state index contributed by atoms with van der Waals surface area (Å²) in [5, 5.41) is 4.18. The molecule has 0 N–H and O–H groups in total. The fourth-order valence-corrected chi connectivity index (χ4v) is 2.70. The predicted octanol–water partition coefficient (Wildman–Crippen LogP) is 1.70. The summed E-state index contributed by atoms with van der Waals surface area (Å²) in [5.41, 5.74) is 2.57. The maximum atomic E-state index is 12.7. The number of hydrogen-bond donors (Lipinski definition) is 0. The van der Waals surface area contributed by atoms with E-state index < -0.39 is 6.04 Å². The van der Waals surface area contributed by atoms with Crippen LogP contribution >= 0.6 is 0 Å². The van der Waals surface area contributed by atoms with Crippen molar-refractivity contribution >= 4 is 11.6 Å². The Morgan fingerprint density at radius 2 is 2.00 bits per heavy atom. The van der Waals surface area contributed by atoms with Gasteiger partial charge in [-0.05, 0) is 38.0 Å². The topological polar surface area (TPSA) is 55.2 Å². The fraction of sp³-hybridized carbons (Fsp3) is 0.312. The number of rotatable bonds is 2. The first-order chi connectivity index (χ1) is 10.1. The number of hydrogen-bond acceptors (Lipinski definition) is 3. The minimum absolute atomic E-state index is 0.0971. The molecule has 0 spiro atoms. The highest BCUT2D eigenvalue weighted by Crippen LogP contribution is 2.29. The van der Waals surface area contributed by atoms with Crippen molar-refractivity contribution in [3.05, 3.63) is 58.0 Å². The van der Waals surface area contributed by atoms with Gasteiger partial charge in [0.2, 0.25) is 0 Å². The van der Waals surface area contributed by atoms with Crippen LogP contribution in [0.1, 0.15) is 24.2 Å². The maximum absolute atomic E-state index is 12.7. The quantitative estimate of drug-likeness (QED) is 0.843. The molecule has 1 aromatic heterocycles. The van der Waals surface area contributed by atoms with Gasteiger partial charge in [0, 0.05) is 18.3 Å². The van der Waals surface area contributed by atoms with E-state index >= 15 is 0 Å². The number of benzene rings is 1. The normalized spacial score (nSPS) is 14.9. The third kappa shape index (κ3) is 2.35. The lowest BCUT2D eigenvalue weighted by atomic mass is 10.2. The number of anilines is 1. The van der Waals surface area contributed by atoms with Crippen molar-refractivity contribution in [2.45, 2.75) is 26.3 Å². The Morgan fingerprint density at radius 1 is 1.24 bits per heavy atom. The number of nitrogens with zero attached hydrogens (tertiary/aromatic N) is 3. The molecule has 0 fully saturated rings. The van der Waals surface area contributed by atoms with E-state index in [4.69, 9.17) is 0 Å². The van der Waals surface area contributed by atoms with Crippen LogP contribution in [0.15, 0.2) is 41.2 Å². The standard InChI is InChI=1S/C16H17N3O2/c1-11-7-8-15(20)19(17-11)12(2)16(21)18-10-9-13-5-3-4-6-14(13)18/h3-8,12H,9-10H2,1-2H3. The molecule has 1 atom stereocenters. The highest BCUT2D eigenvalue weighted by molar-refractivity contribution is 5.97. The average Bonchev–Trinajstić information content (AvgIpc) is 2.92. The monoisotopic (exact) mass is 283 g/mol. The van der Waals surface area contributed by atoms with Crippen molar-refractivity contribution < 1.29 is 4.79 Å². The summed E-state index contributed by atoms with van der Waals surface area (Å²) in [5.74, 6) is -0.0971. The van der Waals surface area contributed by atoms with Crippen molar-refractivity contribution in [3.8, 4) is 0 Å². The Labute approximate surface area is 122 Å². The number of amides is 1. The van der Waals surface area contributed by atoms with Crippen LogP contribution < -0.4 is 10.5 Å². The summed E-state index contributed by atoms with van der Waals surface area (Å²) in [6, 6.07) is 10.4. The zero-order chi connectivity index (χ0) is 15.0. The molecule has 108 valence electrons. The molecule has 3 rings (SSSR count). The highest BCUT2D eigenvalue weighted by atomic mass is 16.2. The fourth-order valence-electron chi connectivity index (χ4n) is 2.70. The lowest BCUT2D eigenvalue weighted by molar-refractivity contribution is -0.121. The third-order valence-corrected chi connectivity index (χ3v) is 3.84. The molecule has 0 aliphatic carbocycles. The lowest BCUT2D eigenvalue weighted by Crippen LogP contribution is -2.39. The van der Waals surface area contributed by atoms with Crippen molar-refractivity contribution in [1.29, 1.82) is 0 Å². The Morgan fingerprint density at radius 3 is 2.81 bits per heavy atom. The second-order valence-electron chi connectivity index (χ2n) is 5.30. The van der Waals surface area contributed by atoms with Crippen LogP contribution in [0.2, 0.25) is 0 Å². The van der Waals surface area contributed by atoms with Gasteiger partial charge in [0.15, 0.2) is 0 Å². The Hall–Kier alpha value is -2.43. The molecule has 0 bridgehead atoms. The zero-order valence-corrected chi connectivity index (χ0v) is 12.1. The number of para-hydroxylation sites is 1. The van der Waals surface area contributed by atoms with Crippen LogP contribution in [0.25, 0.3) is 0 Å². The zero-order valence-electron chi connectivity index (χ0n) is 12.1. The SMILES string of the molecule is Cc1ccc(=O)n(C(C)C(=O)N2CCc3ccccc32)n1. The van der Waals surface area contributed by atoms with Gasteiger partial charge in [0.05, 0.1) is 5.69 Å². The minimum atomic E-state index is -0.608. The van der Waals surface area contributed by atoms with Gasteiger partial charge < -0.3 is 4.90 Å². The van der Waals surface area contributed by atoms with Crippen molar-refractivity contribution in [1.82, 2.24) is 9.78 Å². The molecule has 1 amide bonds. The first-order valence-corrected chi connectivity index (χ1v) is 7.03. The van der Waals surface area contributed by atoms with Crippen molar-refractivity contribution in [2.75, 3.05) is 11.4 Å². The van der Waals surface area contributed by atoms with E-state index in [9.17, 15) is 9.59 Å². The second-order valence-corrected chi connectivity index (χ2v) is 5.30. The van der Waals surface area contributed by atoms with Gasteiger partial charge in [-0.3, -0.25) is 9.59 Å². The molecule has 2 heterocycles. The molecular weight excluding hydrogens is 266 g/mol. The molecule has 1 aromatic carbocycles. The smallest absolute Gasteiger partial charge is 0.267 e. The molecule has 0 saturated heterocycles. The first-order valence-electron chi connectivity index (χ1n) is 7.03. The Bertz CT molecular complexity index is 751. The predicted molar refractivity (Wildman–Crippen MR) is 80.4 cm³/mol. The van der Waals surface area contributed by atoms with E-state index in [1.807, 2.05) is 24.3 Å². The van der Waals surface area contributed by atoms with Crippen LogP contribution in [0.5, 0.6) is 0 Å². The van der Waals surface area contributed by atoms with E-state index in [2.05, 4.69) is 5.10 Å². The molecule has 5 nitrogen and oxygen atoms in total. The number of carbonyl (C=O) groups excluding carboxylic acids is 1. The molecule has 1 aliphatic heterocycles. The summed E-state index contributed by atoms with van der Waals surface area (Å²) >= 11 is 0. The van der Waals surface area contributed by atoms with E-state index in [-0.39, 0.29) is 11.5 Å². The van der Waals surface area contributed by atoms with E-state index in [1.165, 1.54) is 16.3 Å². The van der Waals surface area contributed by atoms with Crippen LogP contribution in [0.3, 0.4) is 0 Å². The maximum Gasteiger partial charge on any atom is 0.267 e. The van der Waals surface area contributed by atoms with Crippen molar-refractivity contribution in [2.24, 2.45) is 0 Å². The summed E-state index contributed by atoms with van der Waals surface area (Å²) in [4.78, 5) is 26.4. The van der Waals surface area contributed by atoms with Gasteiger partial charge in [-0.25, -0.2) is 4.68 Å². The van der Waals surface area contributed by atoms with Crippen LogP contribution in [0.4, 0.5) is 5.69 Å². The summed E-state index contributed by atoms with van der Waals surface area (Å²) < 4.78 is 1.26. The second kappa shape index (κ2) is 5.16. The number of aromatic nitrogens is 2. The third-order valence-electron chi connectivity index (χ3n) is 3.84. The highest BCUT2D eigenvalue weighted by Gasteiger charge is 2.29. The van der Waals surface area contributed by atoms with Crippen molar-refractivity contribution in [3.63, 3.8) is 0 Å². The molecule has 1 unspecified atom stereocenters. The average molecular weight is 283 g/mol. The van der Waals surface area contributed by atoms with E-state index in [0.717, 1.165) is 17.8 Å². The molecule has 21 heavy (non-hydrogen) atoms. The Kier molecular flexibility index (Phi) is 3.33. The van der Waals surface area contributed by atoms with Gasteiger partial charge in [-0.15, -0.1) is 0 Å². The van der Waals surface area contributed by atoms with Crippen LogP contribution in [0, 0.1) is 6.92 Å². The number of carbonyl (C=O) groups is 1. The summed E-state index contributed by atoms with van der Waals surface area (Å²) in [6.45, 7) is 4.18. The van der Waals surface area contributed by atoms with Gasteiger partial charge in [-0.2, -0.15) is 5.10 Å². The van der Waals surface area contributed by atoms with Crippen LogP contribution in [-0.2, 0) is 11.2 Å². The summed E-state index contributed by atoms with van der Waals surface area (Å²) in [7, 11) is 0. The number of aryl methyl sites for hydroxylation is 1. The van der Waals surface area contributed by atoms with Gasteiger partial charge in [-0.1, -0.05) is 18.2 Å². The lowest BCUT2D eigenvalue weighted by Gasteiger charge is -2.22. The van der Waals surface area contributed by atoms with Crippen LogP contribution in [-0.4, -0.2) is 22.2 Å². The van der Waals surface area contributed by atoms with Gasteiger partial charge >= 0.3 is 0 Å². The molecule has 0 radical (unpaired) electrons. The molecule has 0 saturated carbocycles. The molecular formula is C16H17N3O2. The largest absolute Gasteiger partial charge is 0.310 e. The summed E-state index contributed by atoms with van der Waals surface area (Å²) in [6.07, 6.45) is 0.852. The first kappa shape index (κ1) is 13.5. The Balaban J connectivity index is 1.93. The van der Waals surface area contributed by atoms with E-state index in [0.29, 0.717) is 6.54 Å². The molecule has 2 aromatic rings. The molecule has 1 aliphatic rings. The van der Waals surface area contributed by atoms with Gasteiger partial charge in [0.25, 0.3) is 11.5 Å². The number of fused-ring (bicyclic) bond motifs is 1. The minimum Gasteiger partial charge on any atom is -0.310 e. The molecule has 5 heteroatoms. The van der Waals surface area contributed by atoms with E-state index in [1.54, 1.807) is 24.8 Å². The van der Waals surface area contributed by atoms with Gasteiger partial charge in [0.1, 0.15) is 6.04 Å².